The number of halogens is 2. The second-order valence-corrected chi connectivity index (χ2v) is 6.44. The van der Waals surface area contributed by atoms with Crippen molar-refractivity contribution in [2.75, 3.05) is 0 Å². The quantitative estimate of drug-likeness (QED) is 0.579. The van der Waals surface area contributed by atoms with Crippen LogP contribution in [-0.2, 0) is 0 Å². The Bertz CT molecular complexity index is 818. The molecule has 3 aromatic rings. The molecule has 0 spiro atoms. The summed E-state index contributed by atoms with van der Waals surface area (Å²) < 4.78 is 12.3. The summed E-state index contributed by atoms with van der Waals surface area (Å²) in [6, 6.07) is 13.2. The summed E-state index contributed by atoms with van der Waals surface area (Å²) in [5.41, 5.74) is 2.06. The third-order valence-electron chi connectivity index (χ3n) is 3.28. The molecule has 0 aliphatic rings. The van der Waals surface area contributed by atoms with Crippen molar-refractivity contribution >= 4 is 27.5 Å². The summed E-state index contributed by atoms with van der Waals surface area (Å²) in [4.78, 5) is 0. The van der Waals surface area contributed by atoms with Crippen LogP contribution in [0.4, 0.5) is 0 Å². The van der Waals surface area contributed by atoms with Gasteiger partial charge in [-0.15, -0.1) is 10.2 Å². The fraction of sp³-hybridized carbons (Fsp3) is 0.176. The first-order valence-corrected chi connectivity index (χ1v) is 8.22. The Labute approximate surface area is 147 Å². The Morgan fingerprint density at radius 1 is 1.13 bits per heavy atom. The number of benzene rings is 2. The van der Waals surface area contributed by atoms with Crippen LogP contribution in [0.15, 0.2) is 51.4 Å². The minimum atomic E-state index is -0.376. The van der Waals surface area contributed by atoms with Crippen LogP contribution in [0.1, 0.15) is 24.5 Å². The summed E-state index contributed by atoms with van der Waals surface area (Å²) in [5.74, 6) is 1.56. The highest BCUT2D eigenvalue weighted by Gasteiger charge is 2.17. The van der Waals surface area contributed by atoms with E-state index in [1.165, 1.54) is 5.56 Å². The highest BCUT2D eigenvalue weighted by atomic mass is 79.9. The van der Waals surface area contributed by atoms with E-state index in [0.29, 0.717) is 22.6 Å². The minimum Gasteiger partial charge on any atom is -0.480 e. The fourth-order valence-corrected chi connectivity index (χ4v) is 2.80. The van der Waals surface area contributed by atoms with Crippen LogP contribution in [0.5, 0.6) is 5.75 Å². The Hall–Kier alpha value is -1.85. The first-order chi connectivity index (χ1) is 11.0. The molecule has 6 heteroatoms. The first kappa shape index (κ1) is 16.0. The Morgan fingerprint density at radius 3 is 2.57 bits per heavy atom. The minimum absolute atomic E-state index is 0.376. The molecular weight excluding hydrogens is 380 g/mol. The molecule has 1 aromatic heterocycles. The molecule has 0 bridgehead atoms. The lowest BCUT2D eigenvalue weighted by Crippen LogP contribution is -2.03. The van der Waals surface area contributed by atoms with Crippen molar-refractivity contribution < 1.29 is 9.15 Å². The number of nitrogens with zero attached hydrogens (tertiary/aromatic N) is 2. The molecule has 0 amide bonds. The maximum absolute atomic E-state index is 5.93. The van der Waals surface area contributed by atoms with Crippen LogP contribution in [0.25, 0.3) is 11.5 Å². The lowest BCUT2D eigenvalue weighted by molar-refractivity contribution is 0.188. The zero-order valence-corrected chi connectivity index (χ0v) is 14.9. The third-order valence-corrected chi connectivity index (χ3v) is 4.14. The van der Waals surface area contributed by atoms with Crippen molar-refractivity contribution in [1.29, 1.82) is 0 Å². The molecule has 1 heterocycles. The SMILES string of the molecule is Cc1ccc(-c2nnc([C@@H](C)Oc3ccc(Cl)cc3Br)o2)cc1. The van der Waals surface area contributed by atoms with Gasteiger partial charge in [-0.1, -0.05) is 29.3 Å². The molecule has 4 nitrogen and oxygen atoms in total. The van der Waals surface area contributed by atoms with E-state index in [4.69, 9.17) is 20.8 Å². The molecule has 2 aromatic carbocycles. The van der Waals surface area contributed by atoms with Crippen molar-refractivity contribution in [2.45, 2.75) is 20.0 Å². The van der Waals surface area contributed by atoms with E-state index < -0.39 is 0 Å². The largest absolute Gasteiger partial charge is 0.480 e. The zero-order valence-electron chi connectivity index (χ0n) is 12.6. The monoisotopic (exact) mass is 392 g/mol. The number of aromatic nitrogens is 2. The van der Waals surface area contributed by atoms with Gasteiger partial charge in [0.1, 0.15) is 5.75 Å². The third kappa shape index (κ3) is 3.74. The Kier molecular flexibility index (Phi) is 4.68. The fourth-order valence-electron chi connectivity index (χ4n) is 2.02. The maximum atomic E-state index is 5.93. The van der Waals surface area contributed by atoms with Gasteiger partial charge in [0.15, 0.2) is 6.10 Å². The van der Waals surface area contributed by atoms with E-state index in [1.807, 2.05) is 38.1 Å². The van der Waals surface area contributed by atoms with Crippen molar-refractivity contribution in [2.24, 2.45) is 0 Å². The van der Waals surface area contributed by atoms with Gasteiger partial charge in [-0.2, -0.15) is 0 Å². The van der Waals surface area contributed by atoms with Crippen LogP contribution < -0.4 is 4.74 Å². The van der Waals surface area contributed by atoms with Crippen molar-refractivity contribution in [1.82, 2.24) is 10.2 Å². The molecular formula is C17H14BrClN2O2. The predicted octanol–water partition coefficient (Wildman–Crippen LogP) is 5.60. The molecule has 0 radical (unpaired) electrons. The second kappa shape index (κ2) is 6.72. The Morgan fingerprint density at radius 2 is 1.87 bits per heavy atom. The number of ether oxygens (including phenoxy) is 1. The molecule has 0 saturated heterocycles. The summed E-state index contributed by atoms with van der Waals surface area (Å²) in [5, 5.41) is 8.80. The van der Waals surface area contributed by atoms with Gasteiger partial charge >= 0.3 is 0 Å². The van der Waals surface area contributed by atoms with Crippen molar-refractivity contribution in [3.8, 4) is 17.2 Å². The van der Waals surface area contributed by atoms with E-state index in [-0.39, 0.29) is 6.10 Å². The van der Waals surface area contributed by atoms with Crippen LogP contribution in [0.3, 0.4) is 0 Å². The zero-order chi connectivity index (χ0) is 16.4. The van der Waals surface area contributed by atoms with E-state index in [0.717, 1.165) is 10.0 Å². The number of aryl methyl sites for hydroxylation is 1. The molecule has 0 aliphatic carbocycles. The van der Waals surface area contributed by atoms with Crippen LogP contribution in [0, 0.1) is 6.92 Å². The highest BCUT2D eigenvalue weighted by molar-refractivity contribution is 9.10. The van der Waals surface area contributed by atoms with E-state index >= 15 is 0 Å². The van der Waals surface area contributed by atoms with Crippen LogP contribution >= 0.6 is 27.5 Å². The van der Waals surface area contributed by atoms with Gasteiger partial charge in [0, 0.05) is 10.6 Å². The molecule has 1 atom stereocenters. The molecule has 118 valence electrons. The number of hydrogen-bond acceptors (Lipinski definition) is 4. The molecule has 0 unspecified atom stereocenters. The molecule has 0 fully saturated rings. The van der Waals surface area contributed by atoms with E-state index in [2.05, 4.69) is 26.1 Å². The van der Waals surface area contributed by atoms with Gasteiger partial charge in [0.2, 0.25) is 5.89 Å². The number of rotatable bonds is 4. The van der Waals surface area contributed by atoms with Gasteiger partial charge in [0.05, 0.1) is 4.47 Å². The predicted molar refractivity (Wildman–Crippen MR) is 92.7 cm³/mol. The lowest BCUT2D eigenvalue weighted by atomic mass is 10.1. The first-order valence-electron chi connectivity index (χ1n) is 7.05. The van der Waals surface area contributed by atoms with Crippen LogP contribution in [0.2, 0.25) is 5.02 Å². The normalized spacial score (nSPS) is 12.2. The molecule has 0 aliphatic heterocycles. The molecule has 0 N–H and O–H groups in total. The summed E-state index contributed by atoms with van der Waals surface area (Å²) in [6.07, 6.45) is -0.376. The summed E-state index contributed by atoms with van der Waals surface area (Å²) in [7, 11) is 0. The van der Waals surface area contributed by atoms with Crippen molar-refractivity contribution in [3.05, 3.63) is 63.4 Å². The van der Waals surface area contributed by atoms with Crippen molar-refractivity contribution in [3.63, 3.8) is 0 Å². The van der Waals surface area contributed by atoms with Gasteiger partial charge in [0.25, 0.3) is 5.89 Å². The lowest BCUT2D eigenvalue weighted by Gasteiger charge is -2.12. The molecule has 23 heavy (non-hydrogen) atoms. The molecule has 3 rings (SSSR count). The summed E-state index contributed by atoms with van der Waals surface area (Å²) >= 11 is 9.35. The Balaban J connectivity index is 1.78. The van der Waals surface area contributed by atoms with E-state index in [1.54, 1.807) is 18.2 Å². The standard InChI is InChI=1S/C17H14BrClN2O2/c1-10-3-5-12(6-4-10)17-21-20-16(23-17)11(2)22-15-8-7-13(19)9-14(15)18/h3-9,11H,1-2H3/t11-/m1/s1. The van der Waals surface area contributed by atoms with E-state index in [9.17, 15) is 0 Å². The average Bonchev–Trinajstić information content (AvgIpc) is 3.01. The molecule has 0 saturated carbocycles. The highest BCUT2D eigenvalue weighted by Crippen LogP contribution is 2.32. The van der Waals surface area contributed by atoms with Gasteiger partial charge < -0.3 is 9.15 Å². The smallest absolute Gasteiger partial charge is 0.257 e. The van der Waals surface area contributed by atoms with Gasteiger partial charge in [-0.3, -0.25) is 0 Å². The average molecular weight is 394 g/mol. The van der Waals surface area contributed by atoms with Crippen LogP contribution in [-0.4, -0.2) is 10.2 Å². The number of hydrogen-bond donors (Lipinski definition) is 0. The second-order valence-electron chi connectivity index (χ2n) is 5.15. The van der Waals surface area contributed by atoms with Gasteiger partial charge in [-0.05, 0) is 60.1 Å². The van der Waals surface area contributed by atoms with Gasteiger partial charge in [-0.25, -0.2) is 0 Å². The topological polar surface area (TPSA) is 48.2 Å². The maximum Gasteiger partial charge on any atom is 0.257 e. The summed E-state index contributed by atoms with van der Waals surface area (Å²) in [6.45, 7) is 3.89.